The minimum atomic E-state index is -5.36. The number of hydrogen-bond donors (Lipinski definition) is 1. The van der Waals surface area contributed by atoms with Crippen LogP contribution in [0.2, 0.25) is 0 Å². The molecule has 0 aliphatic heterocycles. The second-order valence-corrected chi connectivity index (χ2v) is 1.57. The van der Waals surface area contributed by atoms with Crippen LogP contribution in [-0.4, -0.2) is 41.1 Å². The molecular weight excluding hydrogens is 322 g/mol. The Kier molecular flexibility index (Phi) is 13.9. The van der Waals surface area contributed by atoms with Crippen LogP contribution in [0.3, 0.4) is 0 Å². The van der Waals surface area contributed by atoms with Crippen molar-refractivity contribution < 1.29 is 48.7 Å². The molecule has 0 rings (SSSR count). The molecule has 34 valence electrons. The summed E-state index contributed by atoms with van der Waals surface area (Å²) in [5.74, 6) is 0. The molecule has 0 saturated carbocycles. The summed E-state index contributed by atoms with van der Waals surface area (Å²) in [5.41, 5.74) is 0. The van der Waals surface area contributed by atoms with Crippen LogP contribution in [-0.2, 0) is 0 Å². The molecule has 0 fully saturated rings. The third kappa shape index (κ3) is 72.8. The fourth-order valence-electron chi connectivity index (χ4n) is 0. The Hall–Kier alpha value is 1.98. The van der Waals surface area contributed by atoms with Gasteiger partial charge < -0.3 is 19.2 Å². The van der Waals surface area contributed by atoms with Crippen LogP contribution in [0.1, 0.15) is 0 Å². The van der Waals surface area contributed by atoms with Gasteiger partial charge in [-0.05, 0) is 0 Å². The summed E-state index contributed by atoms with van der Waals surface area (Å²) in [5, 5.41) is 0. The molecule has 0 aliphatic carbocycles. The van der Waals surface area contributed by atoms with E-state index in [2.05, 4.69) is 0 Å². The van der Waals surface area contributed by atoms with E-state index in [1.807, 2.05) is 0 Å². The van der Waals surface area contributed by atoms with Crippen LogP contribution >= 0.6 is 0 Å². The number of rotatable bonds is 0. The molecule has 0 bridgehead atoms. The van der Waals surface area contributed by atoms with Crippen molar-refractivity contribution in [3.05, 3.63) is 0 Å². The maximum atomic E-state index is 8.69. The second-order valence-electron chi connectivity index (χ2n) is 0.524. The maximum absolute atomic E-state index is 8.69. The summed E-state index contributed by atoms with van der Waals surface area (Å²) in [6.07, 6.45) is 0. The van der Waals surface area contributed by atoms with Gasteiger partial charge in [0.2, 0.25) is 0 Å². The summed E-state index contributed by atoms with van der Waals surface area (Å²) >= 11 is 0. The molecule has 0 heterocycles. The van der Waals surface area contributed by atoms with Crippen LogP contribution in [0, 0.1) is 0 Å². The van der Waals surface area contributed by atoms with Crippen LogP contribution in [0.5, 0.6) is 0 Å². The Morgan fingerprint density at radius 3 is 1.14 bits per heavy atom. The Morgan fingerprint density at radius 2 is 1.14 bits per heavy atom. The molecule has 4 nitrogen and oxygen atoms in total. The van der Waals surface area contributed by atoms with Gasteiger partial charge >= 0.3 is 56.9 Å². The molecule has 2 radical (unpaired) electrons. The fraction of sp³-hybridized carbons (Fsp3) is 0. The Morgan fingerprint density at radius 1 is 1.14 bits per heavy atom. The van der Waals surface area contributed by atoms with E-state index in [4.69, 9.17) is 19.2 Å². The first-order valence-electron chi connectivity index (χ1n) is 0.836. The van der Waals surface area contributed by atoms with Crippen molar-refractivity contribution in [3.8, 4) is 0 Å². The standard InChI is InChI=1S/Na.HO4Si.Pb/c;1-5(2,3)4;/h;1H;/q+1;-3;+2. The fourth-order valence-corrected chi connectivity index (χ4v) is 0. The zero-order valence-electron chi connectivity index (χ0n) is 3.67. The predicted octanol–water partition coefficient (Wildman–Crippen LogP) is -7.88. The molecule has 0 aromatic rings. The van der Waals surface area contributed by atoms with Gasteiger partial charge in [-0.15, -0.1) is 9.05 Å². The van der Waals surface area contributed by atoms with Gasteiger partial charge in [-0.2, -0.15) is 0 Å². The van der Waals surface area contributed by atoms with E-state index in [1.165, 1.54) is 0 Å². The molecule has 0 aliphatic rings. The van der Waals surface area contributed by atoms with Crippen LogP contribution in [0.15, 0.2) is 0 Å². The monoisotopic (exact) mass is 324 g/mol. The average molecular weight is 323 g/mol. The van der Waals surface area contributed by atoms with E-state index in [-0.39, 0.29) is 56.9 Å². The van der Waals surface area contributed by atoms with Crippen molar-refractivity contribution in [2.24, 2.45) is 0 Å². The number of hydrogen-bond acceptors (Lipinski definition) is 4. The smallest absolute Gasteiger partial charge is 0.861 e. The summed E-state index contributed by atoms with van der Waals surface area (Å²) in [6.45, 7) is 0. The van der Waals surface area contributed by atoms with Crippen molar-refractivity contribution in [2.45, 2.75) is 0 Å². The second kappa shape index (κ2) is 6.10. The minimum Gasteiger partial charge on any atom is -0.861 e. The van der Waals surface area contributed by atoms with Gasteiger partial charge in [0.25, 0.3) is 0 Å². The first-order valence-corrected chi connectivity index (χ1v) is 2.51. The zero-order valence-corrected chi connectivity index (χ0v) is 10.6. The molecule has 0 amide bonds. The molecular formula is HNaO4PbSi. The zero-order chi connectivity index (χ0) is 4.50. The Balaban J connectivity index is -0.0000000800. The van der Waals surface area contributed by atoms with E-state index in [0.29, 0.717) is 0 Å². The molecule has 1 N–H and O–H groups in total. The van der Waals surface area contributed by atoms with E-state index >= 15 is 0 Å². The van der Waals surface area contributed by atoms with Crippen molar-refractivity contribution in [1.29, 1.82) is 0 Å². The van der Waals surface area contributed by atoms with Crippen LogP contribution < -0.4 is 43.9 Å². The van der Waals surface area contributed by atoms with Gasteiger partial charge in [0.1, 0.15) is 0 Å². The van der Waals surface area contributed by atoms with Gasteiger partial charge in [0.05, 0.1) is 0 Å². The summed E-state index contributed by atoms with van der Waals surface area (Å²) in [7, 11) is -5.36. The van der Waals surface area contributed by atoms with E-state index in [1.54, 1.807) is 0 Å². The van der Waals surface area contributed by atoms with Crippen molar-refractivity contribution in [1.82, 2.24) is 0 Å². The molecule has 7 heavy (non-hydrogen) atoms. The minimum absolute atomic E-state index is 0. The first kappa shape index (κ1) is 16.0. The third-order valence-corrected chi connectivity index (χ3v) is 0. The molecule has 0 saturated heterocycles. The first-order chi connectivity index (χ1) is 2.00. The normalized spacial score (nSPS) is 8.57. The van der Waals surface area contributed by atoms with E-state index in [9.17, 15) is 0 Å². The Labute approximate surface area is 84.1 Å². The Bertz CT molecular complexity index is 27.2. The van der Waals surface area contributed by atoms with E-state index in [0.717, 1.165) is 0 Å². The van der Waals surface area contributed by atoms with Gasteiger partial charge in [0, 0.05) is 0 Å². The predicted molar refractivity (Wildman–Crippen MR) is 13.7 cm³/mol. The summed E-state index contributed by atoms with van der Waals surface area (Å²) in [6, 6.07) is 0. The van der Waals surface area contributed by atoms with Crippen LogP contribution in [0.25, 0.3) is 0 Å². The van der Waals surface area contributed by atoms with Gasteiger partial charge in [-0.1, -0.05) is 0 Å². The summed E-state index contributed by atoms with van der Waals surface area (Å²) in [4.78, 5) is 33.1. The van der Waals surface area contributed by atoms with Gasteiger partial charge in [-0.25, -0.2) is 0 Å². The molecule has 0 unspecified atom stereocenters. The van der Waals surface area contributed by atoms with Crippen molar-refractivity contribution in [2.75, 3.05) is 0 Å². The summed E-state index contributed by atoms with van der Waals surface area (Å²) < 4.78 is 0. The molecule has 0 aromatic carbocycles. The van der Waals surface area contributed by atoms with Crippen molar-refractivity contribution >= 4 is 36.3 Å². The average Bonchev–Trinajstić information content (AvgIpc) is 0.722. The van der Waals surface area contributed by atoms with Gasteiger partial charge in [0.15, 0.2) is 0 Å². The van der Waals surface area contributed by atoms with E-state index < -0.39 is 9.05 Å². The van der Waals surface area contributed by atoms with Gasteiger partial charge in [-0.3, -0.25) is 0 Å². The SMILES string of the molecule is [Na+].[O-][Si]([O-])([O-])O.[Pb+2]. The maximum Gasteiger partial charge on any atom is 2.00 e. The third-order valence-electron chi connectivity index (χ3n) is 0. The largest absolute Gasteiger partial charge is 2.00 e. The van der Waals surface area contributed by atoms with Crippen LogP contribution in [0.4, 0.5) is 0 Å². The molecule has 0 atom stereocenters. The quantitative estimate of drug-likeness (QED) is 0.449. The molecule has 0 spiro atoms. The van der Waals surface area contributed by atoms with Crippen molar-refractivity contribution in [3.63, 3.8) is 0 Å². The molecule has 7 heteroatoms. The molecule has 0 aromatic heterocycles. The topological polar surface area (TPSA) is 89.4 Å².